The highest BCUT2D eigenvalue weighted by atomic mass is 16.6. The Hall–Kier alpha value is -2.27. The minimum Gasteiger partial charge on any atom is -0.460 e. The van der Waals surface area contributed by atoms with E-state index >= 15 is 0 Å². The summed E-state index contributed by atoms with van der Waals surface area (Å²) in [6.07, 6.45) is -1.76. The van der Waals surface area contributed by atoms with Crippen molar-refractivity contribution in [3.05, 3.63) is 19.0 Å². The van der Waals surface area contributed by atoms with E-state index in [9.17, 15) is 15.3 Å². The summed E-state index contributed by atoms with van der Waals surface area (Å²) in [6.45, 7) is 3.27. The van der Waals surface area contributed by atoms with Gasteiger partial charge in [0.15, 0.2) is 23.2 Å². The molecular weight excluding hydrogens is 306 g/mol. The maximum atomic E-state index is 10.2. The summed E-state index contributed by atoms with van der Waals surface area (Å²) in [7, 11) is 0. The van der Waals surface area contributed by atoms with Crippen LogP contribution in [0.5, 0.6) is 6.01 Å². The number of aromatic nitrogens is 4. The molecule has 0 spiro atoms. The molecule has 0 saturated carbocycles. The molecule has 124 valence electrons. The van der Waals surface area contributed by atoms with Crippen molar-refractivity contribution < 1.29 is 24.8 Å². The van der Waals surface area contributed by atoms with E-state index in [1.54, 1.807) is 0 Å². The van der Waals surface area contributed by atoms with Gasteiger partial charge in [0.1, 0.15) is 31.2 Å². The van der Waals surface area contributed by atoms with Crippen molar-refractivity contribution in [1.82, 2.24) is 19.5 Å². The third-order valence-electron chi connectivity index (χ3n) is 3.57. The summed E-state index contributed by atoms with van der Waals surface area (Å²) in [5.74, 6) is 0.143. The number of ether oxygens (including phenoxy) is 2. The van der Waals surface area contributed by atoms with Crippen molar-refractivity contribution in [1.29, 1.82) is 0 Å². The number of fused-ring (bicyclic) bond motifs is 1. The van der Waals surface area contributed by atoms with Crippen molar-refractivity contribution in [2.75, 3.05) is 18.9 Å². The summed E-state index contributed by atoms with van der Waals surface area (Å²) in [6, 6.07) is 0.0851. The van der Waals surface area contributed by atoms with Gasteiger partial charge in [-0.05, 0) is 0 Å². The number of hydrogen-bond acceptors (Lipinski definition) is 9. The van der Waals surface area contributed by atoms with E-state index < -0.39 is 31.1 Å². The molecule has 5 N–H and O–H groups in total. The molecule has 0 aliphatic carbocycles. The first kappa shape index (κ1) is 15.6. The maximum absolute atomic E-state index is 10.2. The predicted molar refractivity (Wildman–Crippen MR) is 78.4 cm³/mol. The summed E-state index contributed by atoms with van der Waals surface area (Å²) in [5.41, 5.74) is 6.35. The Morgan fingerprint density at radius 1 is 1.39 bits per heavy atom. The molecule has 2 aromatic heterocycles. The van der Waals surface area contributed by atoms with Gasteiger partial charge >= 0.3 is 6.01 Å². The van der Waals surface area contributed by atoms with E-state index in [1.165, 1.54) is 17.0 Å². The molecule has 0 aromatic carbocycles. The standard InChI is InChI=1S/C13H17N5O5/c1-2-3-22-13-17-7-10(14)15-5-16-11(7)18(13)12-9(21)8(20)6(4-19)23-12/h2,5-6,8-9,12,19-21H,1,3-4H2,(H2,14,15,16)/t6-,8-,9-,12-/m1/s1. The second kappa shape index (κ2) is 6.08. The number of aliphatic hydroxyl groups excluding tert-OH is 3. The molecule has 23 heavy (non-hydrogen) atoms. The van der Waals surface area contributed by atoms with Gasteiger partial charge < -0.3 is 30.5 Å². The van der Waals surface area contributed by atoms with Crippen molar-refractivity contribution in [2.45, 2.75) is 24.5 Å². The number of imidazole rings is 1. The van der Waals surface area contributed by atoms with E-state index in [-0.39, 0.29) is 29.6 Å². The summed E-state index contributed by atoms with van der Waals surface area (Å²) < 4.78 is 12.4. The lowest BCUT2D eigenvalue weighted by atomic mass is 10.1. The molecule has 1 saturated heterocycles. The van der Waals surface area contributed by atoms with Crippen molar-refractivity contribution in [3.63, 3.8) is 0 Å². The molecular formula is C13H17N5O5. The van der Waals surface area contributed by atoms with Gasteiger partial charge in [0.05, 0.1) is 6.61 Å². The highest BCUT2D eigenvalue weighted by molar-refractivity contribution is 5.82. The average Bonchev–Trinajstić information content (AvgIpc) is 3.05. The fourth-order valence-electron chi connectivity index (χ4n) is 2.46. The lowest BCUT2D eigenvalue weighted by molar-refractivity contribution is -0.0540. The molecule has 1 aliphatic rings. The zero-order valence-electron chi connectivity index (χ0n) is 12.1. The van der Waals surface area contributed by atoms with E-state index in [0.717, 1.165) is 0 Å². The van der Waals surface area contributed by atoms with E-state index in [0.29, 0.717) is 0 Å². The van der Waals surface area contributed by atoms with Crippen LogP contribution in [0.4, 0.5) is 5.82 Å². The highest BCUT2D eigenvalue weighted by Crippen LogP contribution is 2.35. The Morgan fingerprint density at radius 2 is 2.17 bits per heavy atom. The molecule has 1 fully saturated rings. The number of aliphatic hydroxyl groups is 3. The smallest absolute Gasteiger partial charge is 0.301 e. The minimum atomic E-state index is -1.30. The zero-order chi connectivity index (χ0) is 16.6. The topological polar surface area (TPSA) is 149 Å². The van der Waals surface area contributed by atoms with Gasteiger partial charge in [-0.15, -0.1) is 0 Å². The van der Waals surface area contributed by atoms with Crippen LogP contribution in [0.2, 0.25) is 0 Å². The van der Waals surface area contributed by atoms with Gasteiger partial charge in [-0.1, -0.05) is 12.7 Å². The average molecular weight is 323 g/mol. The van der Waals surface area contributed by atoms with E-state index in [4.69, 9.17) is 15.2 Å². The molecule has 0 amide bonds. The Bertz CT molecular complexity index is 720. The molecule has 3 heterocycles. The normalized spacial score (nSPS) is 27.4. The highest BCUT2D eigenvalue weighted by Gasteiger charge is 2.45. The van der Waals surface area contributed by atoms with Gasteiger partial charge in [-0.3, -0.25) is 0 Å². The lowest BCUT2D eigenvalue weighted by Gasteiger charge is -2.18. The fourth-order valence-corrected chi connectivity index (χ4v) is 2.46. The van der Waals surface area contributed by atoms with Crippen molar-refractivity contribution in [2.24, 2.45) is 0 Å². The third-order valence-corrected chi connectivity index (χ3v) is 3.57. The summed E-state index contributed by atoms with van der Waals surface area (Å²) in [4.78, 5) is 12.2. The summed E-state index contributed by atoms with van der Waals surface area (Å²) >= 11 is 0. The van der Waals surface area contributed by atoms with E-state index in [1.807, 2.05) is 0 Å². The van der Waals surface area contributed by atoms with Crippen LogP contribution in [0.3, 0.4) is 0 Å². The number of nitrogens with zero attached hydrogens (tertiary/aromatic N) is 4. The Labute approximate surface area is 130 Å². The number of rotatable bonds is 5. The van der Waals surface area contributed by atoms with Gasteiger partial charge in [0.25, 0.3) is 0 Å². The second-order valence-electron chi connectivity index (χ2n) is 5.02. The number of nitrogen functional groups attached to an aromatic ring is 1. The maximum Gasteiger partial charge on any atom is 0.301 e. The lowest BCUT2D eigenvalue weighted by Crippen LogP contribution is -2.33. The van der Waals surface area contributed by atoms with Crippen LogP contribution in [0.1, 0.15) is 6.23 Å². The summed E-state index contributed by atoms with van der Waals surface area (Å²) in [5, 5.41) is 29.4. The van der Waals surface area contributed by atoms with Gasteiger partial charge in [0.2, 0.25) is 0 Å². The number of hydrogen-bond donors (Lipinski definition) is 4. The minimum absolute atomic E-state index is 0.0851. The van der Waals surface area contributed by atoms with Crippen molar-refractivity contribution in [3.8, 4) is 6.01 Å². The second-order valence-corrected chi connectivity index (χ2v) is 5.02. The van der Waals surface area contributed by atoms with Gasteiger partial charge in [0, 0.05) is 0 Å². The van der Waals surface area contributed by atoms with Crippen LogP contribution >= 0.6 is 0 Å². The molecule has 1 aliphatic heterocycles. The molecule has 3 rings (SSSR count). The quantitative estimate of drug-likeness (QED) is 0.486. The first-order valence-electron chi connectivity index (χ1n) is 6.93. The van der Waals surface area contributed by atoms with Gasteiger partial charge in [-0.25, -0.2) is 14.5 Å². The first-order valence-corrected chi connectivity index (χ1v) is 6.93. The van der Waals surface area contributed by atoms with Crippen LogP contribution in [-0.4, -0.2) is 66.4 Å². The van der Waals surface area contributed by atoms with Crippen molar-refractivity contribution >= 4 is 17.0 Å². The zero-order valence-corrected chi connectivity index (χ0v) is 12.1. The third kappa shape index (κ3) is 2.51. The van der Waals surface area contributed by atoms with Crippen LogP contribution in [-0.2, 0) is 4.74 Å². The van der Waals surface area contributed by atoms with E-state index in [2.05, 4.69) is 21.5 Å². The monoisotopic (exact) mass is 323 g/mol. The van der Waals surface area contributed by atoms with Crippen LogP contribution in [0.15, 0.2) is 19.0 Å². The molecule has 10 nitrogen and oxygen atoms in total. The SMILES string of the molecule is C=CCOc1nc2c(N)ncnc2n1[C@@H]1O[C@H](CO)[C@@H](O)[C@H]1O. The Kier molecular flexibility index (Phi) is 4.13. The Morgan fingerprint density at radius 3 is 2.83 bits per heavy atom. The Balaban J connectivity index is 2.11. The van der Waals surface area contributed by atoms with Gasteiger partial charge in [-0.2, -0.15) is 4.98 Å². The fraction of sp³-hybridized carbons (Fsp3) is 0.462. The molecule has 10 heteroatoms. The molecule has 4 atom stereocenters. The molecule has 0 unspecified atom stereocenters. The van der Waals surface area contributed by atoms with Crippen LogP contribution < -0.4 is 10.5 Å². The largest absolute Gasteiger partial charge is 0.460 e. The molecule has 2 aromatic rings. The van der Waals surface area contributed by atoms with Crippen LogP contribution in [0.25, 0.3) is 11.2 Å². The first-order chi connectivity index (χ1) is 11.1. The number of anilines is 1. The molecule has 0 radical (unpaired) electrons. The van der Waals surface area contributed by atoms with Crippen LogP contribution in [0, 0.1) is 0 Å². The number of nitrogens with two attached hydrogens (primary N) is 1. The molecule has 0 bridgehead atoms. The predicted octanol–water partition coefficient (Wildman–Crippen LogP) is -1.42.